The van der Waals surface area contributed by atoms with Gasteiger partial charge in [-0.25, -0.2) is 4.39 Å². The maximum absolute atomic E-state index is 14.6. The van der Waals surface area contributed by atoms with Gasteiger partial charge in [0.2, 0.25) is 5.91 Å². The molecule has 1 aromatic rings. The summed E-state index contributed by atoms with van der Waals surface area (Å²) in [4.78, 5) is 30.0. The second kappa shape index (κ2) is 15.5. The first-order valence-corrected chi connectivity index (χ1v) is 13.9. The van der Waals surface area contributed by atoms with E-state index in [4.69, 9.17) is 9.47 Å². The standard InChI is InChI=1S/C28H44FN3O6/c1-20(2)11-17-38-25-18-32(27(35)21-8-3-4-9-22(21)29)15-14-31(28(36)23-10-7-12-30-23)13-5-6-16-37-19-24(33)26(25)34/h3-4,8-9,20,23-26,30,33-34H,5-7,10-19H2,1-2H3/t23-,24-,25-,26-/m1/s1. The van der Waals surface area contributed by atoms with E-state index in [9.17, 15) is 24.2 Å². The van der Waals surface area contributed by atoms with Crippen LogP contribution in [-0.4, -0.2) is 109 Å². The summed E-state index contributed by atoms with van der Waals surface area (Å²) >= 11 is 0. The van der Waals surface area contributed by atoms with Gasteiger partial charge >= 0.3 is 0 Å². The number of ether oxygens (including phenoxy) is 2. The number of halogens is 1. The third-order valence-electron chi connectivity index (χ3n) is 7.16. The van der Waals surface area contributed by atoms with Crippen molar-refractivity contribution in [2.45, 2.75) is 70.3 Å². The first kappa shape index (κ1) is 30.4. The van der Waals surface area contributed by atoms with Crippen molar-refractivity contribution in [2.75, 3.05) is 52.5 Å². The summed E-state index contributed by atoms with van der Waals surface area (Å²) in [5.41, 5.74) is -0.0942. The molecule has 0 saturated carbocycles. The van der Waals surface area contributed by atoms with E-state index >= 15 is 0 Å². The van der Waals surface area contributed by atoms with Crippen molar-refractivity contribution in [1.29, 1.82) is 0 Å². The minimum Gasteiger partial charge on any atom is -0.388 e. The zero-order valence-corrected chi connectivity index (χ0v) is 22.7. The normalized spacial score (nSPS) is 26.4. The van der Waals surface area contributed by atoms with E-state index in [-0.39, 0.29) is 43.8 Å². The minimum absolute atomic E-state index is 0.00556. The van der Waals surface area contributed by atoms with Gasteiger partial charge in [0.05, 0.1) is 18.2 Å². The Hall–Kier alpha value is -2.11. The number of nitrogens with zero attached hydrogens (tertiary/aromatic N) is 2. The molecule has 4 atom stereocenters. The molecule has 0 bridgehead atoms. The highest BCUT2D eigenvalue weighted by molar-refractivity contribution is 5.94. The summed E-state index contributed by atoms with van der Waals surface area (Å²) in [5.74, 6) is -0.851. The van der Waals surface area contributed by atoms with Gasteiger partial charge < -0.3 is 34.8 Å². The average molecular weight is 538 g/mol. The van der Waals surface area contributed by atoms with Crippen molar-refractivity contribution in [2.24, 2.45) is 5.92 Å². The zero-order chi connectivity index (χ0) is 27.5. The van der Waals surface area contributed by atoms with E-state index in [1.54, 1.807) is 11.0 Å². The quantitative estimate of drug-likeness (QED) is 0.508. The highest BCUT2D eigenvalue weighted by Gasteiger charge is 2.33. The molecule has 10 heteroatoms. The lowest BCUT2D eigenvalue weighted by atomic mass is 10.1. The molecule has 2 amide bonds. The van der Waals surface area contributed by atoms with Crippen molar-refractivity contribution in [3.05, 3.63) is 35.6 Å². The van der Waals surface area contributed by atoms with E-state index in [0.29, 0.717) is 38.5 Å². The molecule has 0 radical (unpaired) electrons. The number of nitrogens with one attached hydrogen (secondary N) is 1. The van der Waals surface area contributed by atoms with E-state index in [1.165, 1.54) is 23.1 Å². The van der Waals surface area contributed by atoms with Gasteiger partial charge in [-0.15, -0.1) is 0 Å². The summed E-state index contributed by atoms with van der Waals surface area (Å²) in [5, 5.41) is 24.8. The fourth-order valence-corrected chi connectivity index (χ4v) is 4.76. The summed E-state index contributed by atoms with van der Waals surface area (Å²) in [6, 6.07) is 5.51. The molecule has 2 heterocycles. The number of aliphatic hydroxyl groups excluding tert-OH is 2. The van der Waals surface area contributed by atoms with Crippen molar-refractivity contribution in [3.63, 3.8) is 0 Å². The monoisotopic (exact) mass is 537 g/mol. The topological polar surface area (TPSA) is 112 Å². The molecule has 2 saturated heterocycles. The van der Waals surface area contributed by atoms with Gasteiger partial charge in [-0.2, -0.15) is 0 Å². The van der Waals surface area contributed by atoms with Crippen LogP contribution in [0.5, 0.6) is 0 Å². The number of benzene rings is 1. The van der Waals surface area contributed by atoms with E-state index in [0.717, 1.165) is 25.8 Å². The van der Waals surface area contributed by atoms with Crippen LogP contribution in [0.3, 0.4) is 0 Å². The molecule has 3 rings (SSSR count). The second-order valence-electron chi connectivity index (χ2n) is 10.6. The molecule has 0 aliphatic carbocycles. The molecule has 0 aromatic heterocycles. The highest BCUT2D eigenvalue weighted by atomic mass is 19.1. The number of hydrogen-bond donors (Lipinski definition) is 3. The van der Waals surface area contributed by atoms with Crippen LogP contribution in [0, 0.1) is 11.7 Å². The molecule has 2 aliphatic heterocycles. The number of carbonyl (C=O) groups excluding carboxylic acids is 2. The van der Waals surface area contributed by atoms with E-state index in [2.05, 4.69) is 19.2 Å². The van der Waals surface area contributed by atoms with Gasteiger partial charge in [0, 0.05) is 39.4 Å². The molecule has 0 unspecified atom stereocenters. The molecule has 2 fully saturated rings. The maximum atomic E-state index is 14.6. The molecular weight excluding hydrogens is 493 g/mol. The molecule has 214 valence electrons. The van der Waals surface area contributed by atoms with Crippen molar-refractivity contribution in [3.8, 4) is 0 Å². The minimum atomic E-state index is -1.32. The van der Waals surface area contributed by atoms with Gasteiger partial charge in [0.15, 0.2) is 0 Å². The van der Waals surface area contributed by atoms with E-state index in [1.807, 2.05) is 0 Å². The molecule has 3 N–H and O–H groups in total. The summed E-state index contributed by atoms with van der Waals surface area (Å²) in [6.45, 7) is 6.35. The lowest BCUT2D eigenvalue weighted by molar-refractivity contribution is -0.134. The predicted molar refractivity (Wildman–Crippen MR) is 141 cm³/mol. The van der Waals surface area contributed by atoms with Crippen molar-refractivity contribution >= 4 is 11.8 Å². The summed E-state index contributed by atoms with van der Waals surface area (Å²) < 4.78 is 26.2. The lowest BCUT2D eigenvalue weighted by Crippen LogP contribution is -2.52. The first-order chi connectivity index (χ1) is 18.3. The average Bonchev–Trinajstić information content (AvgIpc) is 3.44. The van der Waals surface area contributed by atoms with Gasteiger partial charge in [-0.1, -0.05) is 26.0 Å². The Morgan fingerprint density at radius 2 is 1.89 bits per heavy atom. The number of rotatable bonds is 6. The van der Waals surface area contributed by atoms with Gasteiger partial charge in [-0.05, 0) is 56.7 Å². The molecule has 0 spiro atoms. The number of carbonyl (C=O) groups is 2. The molecular formula is C28H44FN3O6. The van der Waals surface area contributed by atoms with Crippen LogP contribution in [0.1, 0.15) is 56.3 Å². The Labute approximate surface area is 225 Å². The van der Waals surface area contributed by atoms with E-state index < -0.39 is 30.0 Å². The Morgan fingerprint density at radius 1 is 1.13 bits per heavy atom. The van der Waals surface area contributed by atoms with Gasteiger partial charge in [-0.3, -0.25) is 9.59 Å². The second-order valence-corrected chi connectivity index (χ2v) is 10.6. The number of amides is 2. The fourth-order valence-electron chi connectivity index (χ4n) is 4.76. The zero-order valence-electron chi connectivity index (χ0n) is 22.7. The predicted octanol–water partition coefficient (Wildman–Crippen LogP) is 1.81. The Kier molecular flexibility index (Phi) is 12.4. The number of aliphatic hydroxyl groups is 2. The fraction of sp³-hybridized carbons (Fsp3) is 0.714. The van der Waals surface area contributed by atoms with Crippen LogP contribution < -0.4 is 5.32 Å². The summed E-state index contributed by atoms with van der Waals surface area (Å²) in [7, 11) is 0. The molecule has 1 aromatic carbocycles. The largest absolute Gasteiger partial charge is 0.388 e. The Morgan fingerprint density at radius 3 is 2.61 bits per heavy atom. The Balaban J connectivity index is 1.87. The third kappa shape index (κ3) is 8.98. The molecule has 9 nitrogen and oxygen atoms in total. The van der Waals surface area contributed by atoms with Crippen LogP contribution in [0.4, 0.5) is 4.39 Å². The molecule has 38 heavy (non-hydrogen) atoms. The van der Waals surface area contributed by atoms with Crippen molar-refractivity contribution < 1.29 is 33.7 Å². The van der Waals surface area contributed by atoms with Crippen LogP contribution in [0.15, 0.2) is 24.3 Å². The van der Waals surface area contributed by atoms with Crippen LogP contribution in [-0.2, 0) is 14.3 Å². The van der Waals surface area contributed by atoms with Crippen molar-refractivity contribution in [1.82, 2.24) is 15.1 Å². The van der Waals surface area contributed by atoms with Crippen LogP contribution >= 0.6 is 0 Å². The number of hydrogen-bond acceptors (Lipinski definition) is 7. The highest BCUT2D eigenvalue weighted by Crippen LogP contribution is 2.17. The SMILES string of the molecule is CC(C)CCO[C@@H]1CN(C(=O)c2ccccc2F)CCN(C(=O)[C@H]2CCCN2)CCCCOC[C@@H](O)[C@H]1O. The summed E-state index contributed by atoms with van der Waals surface area (Å²) in [6.07, 6.45) is 0.355. The lowest BCUT2D eigenvalue weighted by Gasteiger charge is -2.34. The van der Waals surface area contributed by atoms with Gasteiger partial charge in [0.25, 0.3) is 5.91 Å². The molecule has 2 aliphatic rings. The smallest absolute Gasteiger partial charge is 0.256 e. The Bertz CT molecular complexity index is 882. The van der Waals surface area contributed by atoms with Crippen LogP contribution in [0.2, 0.25) is 0 Å². The van der Waals surface area contributed by atoms with Crippen LogP contribution in [0.25, 0.3) is 0 Å². The van der Waals surface area contributed by atoms with Gasteiger partial charge in [0.1, 0.15) is 24.1 Å². The first-order valence-electron chi connectivity index (χ1n) is 13.9. The maximum Gasteiger partial charge on any atom is 0.256 e. The third-order valence-corrected chi connectivity index (χ3v) is 7.16.